The molecule has 1 amide bonds. The van der Waals surface area contributed by atoms with Crippen molar-refractivity contribution in [2.75, 3.05) is 26.8 Å². The Hall–Kier alpha value is -0.610. The van der Waals surface area contributed by atoms with Crippen molar-refractivity contribution in [1.82, 2.24) is 4.90 Å². The van der Waals surface area contributed by atoms with Gasteiger partial charge in [-0.3, -0.25) is 4.79 Å². The Morgan fingerprint density at radius 1 is 1.47 bits per heavy atom. The van der Waals surface area contributed by atoms with E-state index >= 15 is 0 Å². The van der Waals surface area contributed by atoms with Gasteiger partial charge < -0.3 is 15.4 Å². The smallest absolute Gasteiger partial charge is 0.242 e. The van der Waals surface area contributed by atoms with Crippen LogP contribution in [0.3, 0.4) is 0 Å². The van der Waals surface area contributed by atoms with Gasteiger partial charge in [0.05, 0.1) is 5.54 Å². The van der Waals surface area contributed by atoms with Crippen molar-refractivity contribution >= 4 is 5.91 Å². The zero-order valence-corrected chi connectivity index (χ0v) is 9.37. The second-order valence-electron chi connectivity index (χ2n) is 4.85. The molecule has 4 heteroatoms. The lowest BCUT2D eigenvalue weighted by molar-refractivity contribution is -0.135. The number of ether oxygens (including phenoxy) is 1. The molecule has 0 spiro atoms. The first-order valence-corrected chi connectivity index (χ1v) is 5.73. The number of carbonyl (C=O) groups is 1. The minimum atomic E-state index is -0.492. The van der Waals surface area contributed by atoms with Gasteiger partial charge in [0.1, 0.15) is 0 Å². The molecule has 0 bridgehead atoms. The lowest BCUT2D eigenvalue weighted by Crippen LogP contribution is -2.49. The van der Waals surface area contributed by atoms with E-state index < -0.39 is 5.54 Å². The molecule has 2 aliphatic rings. The maximum absolute atomic E-state index is 11.9. The van der Waals surface area contributed by atoms with E-state index in [0.29, 0.717) is 5.92 Å². The quantitative estimate of drug-likeness (QED) is 0.735. The molecule has 1 aliphatic heterocycles. The highest BCUT2D eigenvalue weighted by atomic mass is 16.5. The number of nitrogens with two attached hydrogens (primary N) is 1. The monoisotopic (exact) mass is 212 g/mol. The minimum absolute atomic E-state index is 0.165. The molecule has 0 radical (unpaired) electrons. The largest absolute Gasteiger partial charge is 0.384 e. The van der Waals surface area contributed by atoms with E-state index in [-0.39, 0.29) is 5.91 Å². The predicted octanol–water partition coefficient (Wildman–Crippen LogP) is 0.363. The number of carbonyl (C=O) groups excluding carboxylic acids is 1. The van der Waals surface area contributed by atoms with Crippen molar-refractivity contribution in [3.63, 3.8) is 0 Å². The third kappa shape index (κ3) is 2.32. The van der Waals surface area contributed by atoms with E-state index in [1.165, 1.54) is 0 Å². The van der Waals surface area contributed by atoms with Gasteiger partial charge in [-0.1, -0.05) is 0 Å². The van der Waals surface area contributed by atoms with Crippen LogP contribution in [0.5, 0.6) is 0 Å². The first-order valence-electron chi connectivity index (χ1n) is 5.73. The molecule has 1 saturated heterocycles. The highest BCUT2D eigenvalue weighted by Gasteiger charge is 2.48. The number of rotatable bonds is 3. The molecule has 4 nitrogen and oxygen atoms in total. The zero-order chi connectivity index (χ0) is 10.9. The standard InChI is InChI=1S/C11H20N2O2/c1-15-8-9-2-6-13(7-3-9)10(14)11(12)4-5-11/h9H,2-8,12H2,1H3. The topological polar surface area (TPSA) is 55.6 Å². The summed E-state index contributed by atoms with van der Waals surface area (Å²) < 4.78 is 5.13. The van der Waals surface area contributed by atoms with E-state index in [4.69, 9.17) is 10.5 Å². The molecule has 0 aromatic carbocycles. The number of hydrogen-bond donors (Lipinski definition) is 1. The first kappa shape index (κ1) is 10.9. The van der Waals surface area contributed by atoms with Crippen molar-refractivity contribution in [2.24, 2.45) is 11.7 Å². The predicted molar refractivity (Wildman–Crippen MR) is 57.3 cm³/mol. The zero-order valence-electron chi connectivity index (χ0n) is 9.37. The Morgan fingerprint density at radius 3 is 2.53 bits per heavy atom. The first-order chi connectivity index (χ1) is 7.15. The molecule has 1 heterocycles. The second-order valence-corrected chi connectivity index (χ2v) is 4.85. The van der Waals surface area contributed by atoms with Gasteiger partial charge in [-0.05, 0) is 31.6 Å². The lowest BCUT2D eigenvalue weighted by Gasteiger charge is -2.33. The molecular weight excluding hydrogens is 192 g/mol. The summed E-state index contributed by atoms with van der Waals surface area (Å²) in [5.41, 5.74) is 5.41. The molecular formula is C11H20N2O2. The number of methoxy groups -OCH3 is 1. The molecule has 86 valence electrons. The van der Waals surface area contributed by atoms with Gasteiger partial charge in [-0.15, -0.1) is 0 Å². The number of hydrogen-bond acceptors (Lipinski definition) is 3. The van der Waals surface area contributed by atoms with Crippen LogP contribution in [0.25, 0.3) is 0 Å². The van der Waals surface area contributed by atoms with E-state index in [1.807, 2.05) is 4.90 Å². The van der Waals surface area contributed by atoms with E-state index in [2.05, 4.69) is 0 Å². The van der Waals surface area contributed by atoms with Crippen LogP contribution in [0.1, 0.15) is 25.7 Å². The fraction of sp³-hybridized carbons (Fsp3) is 0.909. The van der Waals surface area contributed by atoms with Crippen LogP contribution >= 0.6 is 0 Å². The molecule has 0 atom stereocenters. The van der Waals surface area contributed by atoms with Crippen molar-refractivity contribution in [1.29, 1.82) is 0 Å². The Bertz CT molecular complexity index is 243. The van der Waals surface area contributed by atoms with E-state index in [9.17, 15) is 4.79 Å². The van der Waals surface area contributed by atoms with Crippen LogP contribution in [0.2, 0.25) is 0 Å². The van der Waals surface area contributed by atoms with Crippen molar-refractivity contribution in [3.8, 4) is 0 Å². The van der Waals surface area contributed by atoms with Gasteiger partial charge in [0.2, 0.25) is 5.91 Å². The van der Waals surface area contributed by atoms with Gasteiger partial charge in [0, 0.05) is 26.8 Å². The molecule has 2 N–H and O–H groups in total. The van der Waals surface area contributed by atoms with Gasteiger partial charge in [-0.2, -0.15) is 0 Å². The summed E-state index contributed by atoms with van der Waals surface area (Å²) in [4.78, 5) is 13.8. The normalized spacial score (nSPS) is 25.3. The molecule has 0 unspecified atom stereocenters. The van der Waals surface area contributed by atoms with E-state index in [1.54, 1.807) is 7.11 Å². The van der Waals surface area contributed by atoms with Crippen LogP contribution in [0, 0.1) is 5.92 Å². The number of nitrogens with zero attached hydrogens (tertiary/aromatic N) is 1. The van der Waals surface area contributed by atoms with Crippen molar-refractivity contribution in [3.05, 3.63) is 0 Å². The molecule has 1 saturated carbocycles. The average molecular weight is 212 g/mol. The molecule has 1 aliphatic carbocycles. The summed E-state index contributed by atoms with van der Waals surface area (Å²) in [6.45, 7) is 2.52. The SMILES string of the molecule is COCC1CCN(C(=O)C2(N)CC2)CC1. The Kier molecular flexibility index (Phi) is 2.98. The van der Waals surface area contributed by atoms with E-state index in [0.717, 1.165) is 45.4 Å². The summed E-state index contributed by atoms with van der Waals surface area (Å²) in [5, 5.41) is 0. The molecule has 0 aromatic heterocycles. The molecule has 15 heavy (non-hydrogen) atoms. The van der Waals surface area contributed by atoms with Crippen LogP contribution in [0.15, 0.2) is 0 Å². The van der Waals surface area contributed by atoms with Gasteiger partial charge >= 0.3 is 0 Å². The fourth-order valence-electron chi connectivity index (χ4n) is 2.20. The summed E-state index contributed by atoms with van der Waals surface area (Å²) in [5.74, 6) is 0.783. The highest BCUT2D eigenvalue weighted by Crippen LogP contribution is 2.35. The highest BCUT2D eigenvalue weighted by molar-refractivity contribution is 5.89. The summed E-state index contributed by atoms with van der Waals surface area (Å²) in [7, 11) is 1.73. The number of amides is 1. The summed E-state index contributed by atoms with van der Waals surface area (Å²) in [6, 6.07) is 0. The second kappa shape index (κ2) is 4.10. The van der Waals surface area contributed by atoms with Crippen molar-refractivity contribution in [2.45, 2.75) is 31.2 Å². The Balaban J connectivity index is 1.80. The Morgan fingerprint density at radius 2 is 2.07 bits per heavy atom. The van der Waals surface area contributed by atoms with Crippen LogP contribution in [0.4, 0.5) is 0 Å². The maximum Gasteiger partial charge on any atom is 0.242 e. The average Bonchev–Trinajstić information content (AvgIpc) is 2.99. The van der Waals surface area contributed by atoms with Gasteiger partial charge in [0.25, 0.3) is 0 Å². The summed E-state index contributed by atoms with van der Waals surface area (Å²) >= 11 is 0. The van der Waals surface area contributed by atoms with Gasteiger partial charge in [-0.25, -0.2) is 0 Å². The van der Waals surface area contributed by atoms with Gasteiger partial charge in [0.15, 0.2) is 0 Å². The lowest BCUT2D eigenvalue weighted by atomic mass is 9.97. The Labute approximate surface area is 90.8 Å². The third-order valence-electron chi connectivity index (χ3n) is 3.52. The van der Waals surface area contributed by atoms with Crippen LogP contribution in [-0.4, -0.2) is 43.2 Å². The van der Waals surface area contributed by atoms with Crippen LogP contribution in [-0.2, 0) is 9.53 Å². The third-order valence-corrected chi connectivity index (χ3v) is 3.52. The molecule has 0 aromatic rings. The maximum atomic E-state index is 11.9. The minimum Gasteiger partial charge on any atom is -0.384 e. The fourth-order valence-corrected chi connectivity index (χ4v) is 2.20. The van der Waals surface area contributed by atoms with Crippen LogP contribution < -0.4 is 5.73 Å². The van der Waals surface area contributed by atoms with Crippen molar-refractivity contribution < 1.29 is 9.53 Å². The number of likely N-dealkylation sites (tertiary alicyclic amines) is 1. The number of piperidine rings is 1. The molecule has 2 rings (SSSR count). The summed E-state index contributed by atoms with van der Waals surface area (Å²) in [6.07, 6.45) is 3.83. The molecule has 2 fully saturated rings.